The number of ether oxygens (including phenoxy) is 1. The van der Waals surface area contributed by atoms with Gasteiger partial charge in [-0.25, -0.2) is 0 Å². The Bertz CT molecular complexity index is 799. The molecule has 0 spiro atoms. The third-order valence-electron chi connectivity index (χ3n) is 5.37. The lowest BCUT2D eigenvalue weighted by Crippen LogP contribution is -2.44. The minimum Gasteiger partial charge on any atom is -0.465 e. The monoisotopic (exact) mass is 413 g/mol. The first-order chi connectivity index (χ1) is 14.6. The Morgan fingerprint density at radius 3 is 2.33 bits per heavy atom. The Kier molecular flexibility index (Phi) is 9.01. The van der Waals surface area contributed by atoms with Crippen LogP contribution in [0.2, 0.25) is 0 Å². The van der Waals surface area contributed by atoms with Crippen LogP contribution in [-0.2, 0) is 16.1 Å². The van der Waals surface area contributed by atoms with Gasteiger partial charge in [0.15, 0.2) is 0 Å². The van der Waals surface area contributed by atoms with E-state index in [4.69, 9.17) is 9.72 Å². The molecule has 0 bridgehead atoms. The Morgan fingerprint density at radius 1 is 1.00 bits per heavy atom. The van der Waals surface area contributed by atoms with Crippen molar-refractivity contribution in [2.45, 2.75) is 20.4 Å². The number of nitrogens with one attached hydrogen (secondary N) is 2. The second kappa shape index (κ2) is 12.0. The number of fused-ring (bicyclic) bond motifs is 1. The highest BCUT2D eigenvalue weighted by Crippen LogP contribution is 2.15. The van der Waals surface area contributed by atoms with Gasteiger partial charge in [-0.05, 0) is 32.0 Å². The summed E-state index contributed by atoms with van der Waals surface area (Å²) in [5, 5.41) is 8.22. The number of aromatic nitrogens is 1. The predicted octanol–water partition coefficient (Wildman–Crippen LogP) is 1.40. The first-order valence-corrected chi connectivity index (χ1v) is 11.0. The zero-order valence-corrected chi connectivity index (χ0v) is 18.3. The predicted molar refractivity (Wildman–Crippen MR) is 121 cm³/mol. The highest BCUT2D eigenvalue weighted by atomic mass is 16.5. The van der Waals surface area contributed by atoms with E-state index in [0.717, 1.165) is 70.1 Å². The average molecular weight is 414 g/mol. The van der Waals surface area contributed by atoms with Gasteiger partial charge in [-0.15, -0.1) is 0 Å². The van der Waals surface area contributed by atoms with Gasteiger partial charge in [-0.1, -0.05) is 17.7 Å². The zero-order valence-electron chi connectivity index (χ0n) is 18.3. The standard InChI is InChI=1S/C23H35N5O2/c1-3-30-23(29)18-28-14-10-24-8-12-27(13-9-25-11-15-28)17-21-6-5-20-16-19(2)4-7-22(20)26-21/h4-7,16,24-25H,3,8-15,17-18H2,1-2H3. The third-order valence-corrected chi connectivity index (χ3v) is 5.37. The van der Waals surface area contributed by atoms with Gasteiger partial charge in [-0.3, -0.25) is 19.6 Å². The fourth-order valence-electron chi connectivity index (χ4n) is 3.73. The number of carbonyl (C=O) groups is 1. The highest BCUT2D eigenvalue weighted by molar-refractivity contribution is 5.79. The normalized spacial score (nSPS) is 17.9. The van der Waals surface area contributed by atoms with E-state index in [1.807, 2.05) is 6.92 Å². The van der Waals surface area contributed by atoms with E-state index in [9.17, 15) is 4.79 Å². The smallest absolute Gasteiger partial charge is 0.320 e. The molecule has 1 saturated heterocycles. The van der Waals surface area contributed by atoms with Crippen molar-refractivity contribution >= 4 is 16.9 Å². The number of benzene rings is 1. The molecule has 7 heteroatoms. The fourth-order valence-corrected chi connectivity index (χ4v) is 3.73. The van der Waals surface area contributed by atoms with Crippen molar-refractivity contribution in [2.24, 2.45) is 0 Å². The van der Waals surface area contributed by atoms with Crippen LogP contribution in [0.4, 0.5) is 0 Å². The molecule has 2 heterocycles. The molecule has 1 aromatic heterocycles. The molecule has 0 amide bonds. The molecule has 1 aliphatic rings. The van der Waals surface area contributed by atoms with Gasteiger partial charge in [0.05, 0.1) is 24.4 Å². The molecule has 3 rings (SSSR count). The summed E-state index contributed by atoms with van der Waals surface area (Å²) < 4.78 is 5.09. The minimum atomic E-state index is -0.145. The Labute approximate surface area is 179 Å². The van der Waals surface area contributed by atoms with E-state index in [2.05, 4.69) is 57.7 Å². The molecule has 0 radical (unpaired) electrons. The minimum absolute atomic E-state index is 0.145. The van der Waals surface area contributed by atoms with Crippen LogP contribution < -0.4 is 10.6 Å². The lowest BCUT2D eigenvalue weighted by molar-refractivity contribution is -0.144. The van der Waals surface area contributed by atoms with Gasteiger partial charge in [-0.2, -0.15) is 0 Å². The van der Waals surface area contributed by atoms with Crippen LogP contribution >= 0.6 is 0 Å². The van der Waals surface area contributed by atoms with Crippen molar-refractivity contribution in [1.29, 1.82) is 0 Å². The molecule has 0 saturated carbocycles. The molecule has 2 N–H and O–H groups in total. The molecule has 7 nitrogen and oxygen atoms in total. The third kappa shape index (κ3) is 7.32. The summed E-state index contributed by atoms with van der Waals surface area (Å²) >= 11 is 0. The summed E-state index contributed by atoms with van der Waals surface area (Å²) in [7, 11) is 0. The van der Waals surface area contributed by atoms with Gasteiger partial charge < -0.3 is 15.4 Å². The molecule has 30 heavy (non-hydrogen) atoms. The van der Waals surface area contributed by atoms with Crippen molar-refractivity contribution in [3.63, 3.8) is 0 Å². The van der Waals surface area contributed by atoms with E-state index >= 15 is 0 Å². The van der Waals surface area contributed by atoms with E-state index in [-0.39, 0.29) is 5.97 Å². The van der Waals surface area contributed by atoms with Crippen molar-refractivity contribution in [2.75, 3.05) is 65.5 Å². The molecule has 1 fully saturated rings. The van der Waals surface area contributed by atoms with Gasteiger partial charge in [0, 0.05) is 64.3 Å². The number of nitrogens with zero attached hydrogens (tertiary/aromatic N) is 3. The van der Waals surface area contributed by atoms with Crippen LogP contribution in [0.5, 0.6) is 0 Å². The largest absolute Gasteiger partial charge is 0.465 e. The van der Waals surface area contributed by atoms with Crippen LogP contribution in [0, 0.1) is 6.92 Å². The van der Waals surface area contributed by atoms with Crippen LogP contribution in [0.25, 0.3) is 10.9 Å². The molecule has 2 aromatic rings. The summed E-state index contributed by atoms with van der Waals surface area (Å²) in [5.74, 6) is -0.145. The molecular weight excluding hydrogens is 378 g/mol. The lowest BCUT2D eigenvalue weighted by atomic mass is 10.1. The molecule has 0 atom stereocenters. The summed E-state index contributed by atoms with van der Waals surface area (Å²) in [6, 6.07) is 10.7. The number of hydrogen-bond acceptors (Lipinski definition) is 7. The summed E-state index contributed by atoms with van der Waals surface area (Å²) in [6.07, 6.45) is 0. The van der Waals surface area contributed by atoms with Gasteiger partial charge in [0.25, 0.3) is 0 Å². The van der Waals surface area contributed by atoms with Gasteiger partial charge in [0.2, 0.25) is 0 Å². The topological polar surface area (TPSA) is 69.7 Å². The molecule has 1 aliphatic heterocycles. The van der Waals surface area contributed by atoms with Gasteiger partial charge >= 0.3 is 5.97 Å². The van der Waals surface area contributed by atoms with Crippen molar-refractivity contribution in [1.82, 2.24) is 25.4 Å². The number of pyridine rings is 1. The number of rotatable bonds is 5. The first kappa shape index (κ1) is 22.6. The fraction of sp³-hybridized carbons (Fsp3) is 0.565. The van der Waals surface area contributed by atoms with E-state index < -0.39 is 0 Å². The summed E-state index contributed by atoms with van der Waals surface area (Å²) in [4.78, 5) is 21.2. The lowest BCUT2D eigenvalue weighted by Gasteiger charge is -2.26. The number of carbonyl (C=O) groups excluding carboxylic acids is 1. The Balaban J connectivity index is 1.52. The molecule has 1 aromatic carbocycles. The van der Waals surface area contributed by atoms with Crippen LogP contribution in [0.15, 0.2) is 30.3 Å². The summed E-state index contributed by atoms with van der Waals surface area (Å²) in [5.41, 5.74) is 3.43. The van der Waals surface area contributed by atoms with Crippen LogP contribution in [0.1, 0.15) is 18.2 Å². The Hall–Kier alpha value is -2.06. The SMILES string of the molecule is CCOC(=O)CN1CCNCCN(Cc2ccc3cc(C)ccc3n2)CCNCC1. The zero-order chi connectivity index (χ0) is 21.2. The van der Waals surface area contributed by atoms with E-state index in [0.29, 0.717) is 13.2 Å². The second-order valence-corrected chi connectivity index (χ2v) is 7.86. The van der Waals surface area contributed by atoms with E-state index in [1.165, 1.54) is 10.9 Å². The maximum absolute atomic E-state index is 11.8. The van der Waals surface area contributed by atoms with Crippen molar-refractivity contribution in [3.8, 4) is 0 Å². The maximum atomic E-state index is 11.8. The van der Waals surface area contributed by atoms with Crippen LogP contribution in [0.3, 0.4) is 0 Å². The molecular formula is C23H35N5O2. The quantitative estimate of drug-likeness (QED) is 0.718. The van der Waals surface area contributed by atoms with E-state index in [1.54, 1.807) is 0 Å². The summed E-state index contributed by atoms with van der Waals surface area (Å²) in [6.45, 7) is 12.8. The highest BCUT2D eigenvalue weighted by Gasteiger charge is 2.13. The first-order valence-electron chi connectivity index (χ1n) is 11.0. The molecule has 164 valence electrons. The van der Waals surface area contributed by atoms with Crippen molar-refractivity contribution < 1.29 is 9.53 Å². The molecule has 0 aliphatic carbocycles. The number of esters is 1. The number of hydrogen-bond donors (Lipinski definition) is 2. The number of aryl methyl sites for hydroxylation is 1. The molecule has 0 unspecified atom stereocenters. The Morgan fingerprint density at radius 2 is 1.67 bits per heavy atom. The van der Waals surface area contributed by atoms with Crippen molar-refractivity contribution in [3.05, 3.63) is 41.6 Å². The van der Waals surface area contributed by atoms with Crippen LogP contribution in [-0.4, -0.2) is 86.3 Å². The maximum Gasteiger partial charge on any atom is 0.320 e. The average Bonchev–Trinajstić information content (AvgIpc) is 2.71. The second-order valence-electron chi connectivity index (χ2n) is 7.86. The van der Waals surface area contributed by atoms with Gasteiger partial charge in [0.1, 0.15) is 0 Å².